The maximum absolute atomic E-state index is 12.7. The third-order valence-electron chi connectivity index (χ3n) is 4.68. The van der Waals surface area contributed by atoms with Gasteiger partial charge in [-0.1, -0.05) is 25.4 Å². The lowest BCUT2D eigenvalue weighted by Crippen LogP contribution is -2.36. The van der Waals surface area contributed by atoms with Gasteiger partial charge in [-0.25, -0.2) is 0 Å². The lowest BCUT2D eigenvalue weighted by atomic mass is 9.84. The van der Waals surface area contributed by atoms with Gasteiger partial charge in [-0.3, -0.25) is 4.79 Å². The Morgan fingerprint density at radius 1 is 1.11 bits per heavy atom. The number of nitrogens with one attached hydrogen (secondary N) is 2. The van der Waals surface area contributed by atoms with Crippen LogP contribution in [0, 0.1) is 0 Å². The van der Waals surface area contributed by atoms with Gasteiger partial charge in [0.15, 0.2) is 0 Å². The third-order valence-corrected chi connectivity index (χ3v) is 4.91. The van der Waals surface area contributed by atoms with Crippen molar-refractivity contribution >= 4 is 28.4 Å². The Bertz CT molecular complexity index is 956. The van der Waals surface area contributed by atoms with Crippen LogP contribution in [0.5, 0.6) is 11.5 Å². The number of aromatic nitrogens is 1. The zero-order valence-electron chi connectivity index (χ0n) is 15.9. The van der Waals surface area contributed by atoms with Gasteiger partial charge in [0.1, 0.15) is 11.5 Å². The van der Waals surface area contributed by atoms with E-state index in [1.54, 1.807) is 32.4 Å². The first-order valence-electron chi connectivity index (χ1n) is 8.62. The van der Waals surface area contributed by atoms with E-state index in [0.29, 0.717) is 28.6 Å². The van der Waals surface area contributed by atoms with Crippen LogP contribution in [0.15, 0.2) is 42.6 Å². The number of fused-ring (bicyclic) bond motifs is 1. The van der Waals surface area contributed by atoms with E-state index in [0.717, 1.165) is 16.5 Å². The molecule has 0 atom stereocenters. The van der Waals surface area contributed by atoms with Crippen molar-refractivity contribution < 1.29 is 14.3 Å². The molecular formula is C21H23ClN2O3. The molecule has 6 heteroatoms. The SMILES string of the molecule is COc1cc(OC)cc(C(=O)NCC(C)(C)c2c[nH]c3ccc(Cl)cc23)c1. The molecule has 1 aromatic heterocycles. The van der Waals surface area contributed by atoms with Crippen LogP contribution >= 0.6 is 11.6 Å². The number of aromatic amines is 1. The van der Waals surface area contributed by atoms with Gasteiger partial charge in [0.2, 0.25) is 0 Å². The van der Waals surface area contributed by atoms with E-state index >= 15 is 0 Å². The third kappa shape index (κ3) is 4.03. The molecule has 0 spiro atoms. The number of carbonyl (C=O) groups is 1. The molecule has 0 saturated carbocycles. The number of ether oxygens (including phenoxy) is 2. The summed E-state index contributed by atoms with van der Waals surface area (Å²) in [6.45, 7) is 4.64. The molecule has 0 radical (unpaired) electrons. The predicted molar refractivity (Wildman–Crippen MR) is 108 cm³/mol. The van der Waals surface area contributed by atoms with Crippen molar-refractivity contribution in [3.05, 3.63) is 58.7 Å². The minimum Gasteiger partial charge on any atom is -0.497 e. The Balaban J connectivity index is 1.80. The van der Waals surface area contributed by atoms with Crippen molar-refractivity contribution in [2.75, 3.05) is 20.8 Å². The molecule has 27 heavy (non-hydrogen) atoms. The summed E-state index contributed by atoms with van der Waals surface area (Å²) in [6.07, 6.45) is 1.97. The second kappa shape index (κ2) is 7.53. The number of amides is 1. The molecule has 0 aliphatic rings. The molecule has 0 aliphatic heterocycles. The fraction of sp³-hybridized carbons (Fsp3) is 0.286. The number of halogens is 1. The van der Waals surface area contributed by atoms with E-state index in [1.807, 2.05) is 24.4 Å². The Labute approximate surface area is 163 Å². The minimum absolute atomic E-state index is 0.182. The summed E-state index contributed by atoms with van der Waals surface area (Å²) in [7, 11) is 3.11. The van der Waals surface area contributed by atoms with Crippen LogP contribution in [-0.4, -0.2) is 31.7 Å². The molecule has 0 aliphatic carbocycles. The van der Waals surface area contributed by atoms with Crippen LogP contribution in [0.1, 0.15) is 29.8 Å². The summed E-state index contributed by atoms with van der Waals surface area (Å²) in [5.74, 6) is 0.966. The highest BCUT2D eigenvalue weighted by atomic mass is 35.5. The second-order valence-corrected chi connectivity index (χ2v) is 7.50. The molecule has 1 heterocycles. The van der Waals surface area contributed by atoms with Crippen molar-refractivity contribution in [3.63, 3.8) is 0 Å². The smallest absolute Gasteiger partial charge is 0.251 e. The summed E-state index contributed by atoms with van der Waals surface area (Å²) in [6, 6.07) is 10.9. The predicted octanol–water partition coefficient (Wildman–Crippen LogP) is 4.55. The quantitative estimate of drug-likeness (QED) is 0.653. The van der Waals surface area contributed by atoms with Crippen molar-refractivity contribution in [1.82, 2.24) is 10.3 Å². The monoisotopic (exact) mass is 386 g/mol. The Morgan fingerprint density at radius 3 is 2.41 bits per heavy atom. The molecule has 0 saturated heterocycles. The molecular weight excluding hydrogens is 364 g/mol. The number of hydrogen-bond acceptors (Lipinski definition) is 3. The zero-order valence-corrected chi connectivity index (χ0v) is 16.6. The first kappa shape index (κ1) is 19.1. The number of methoxy groups -OCH3 is 2. The fourth-order valence-corrected chi connectivity index (χ4v) is 3.26. The molecule has 1 amide bonds. The highest BCUT2D eigenvalue weighted by Gasteiger charge is 2.25. The minimum atomic E-state index is -0.290. The van der Waals surface area contributed by atoms with Gasteiger partial charge in [-0.2, -0.15) is 0 Å². The number of rotatable bonds is 6. The number of H-pyrrole nitrogens is 1. The Hall–Kier alpha value is -2.66. The van der Waals surface area contributed by atoms with Crippen LogP contribution in [0.3, 0.4) is 0 Å². The molecule has 2 N–H and O–H groups in total. The van der Waals surface area contributed by atoms with E-state index < -0.39 is 0 Å². The maximum atomic E-state index is 12.7. The van der Waals surface area contributed by atoms with Crippen molar-refractivity contribution in [2.24, 2.45) is 0 Å². The second-order valence-electron chi connectivity index (χ2n) is 7.06. The van der Waals surface area contributed by atoms with Crippen LogP contribution in [0.4, 0.5) is 0 Å². The van der Waals surface area contributed by atoms with Gasteiger partial charge in [-0.15, -0.1) is 0 Å². The van der Waals surface area contributed by atoms with Crippen LogP contribution in [0.2, 0.25) is 5.02 Å². The molecule has 0 unspecified atom stereocenters. The molecule has 2 aromatic carbocycles. The summed E-state index contributed by atoms with van der Waals surface area (Å²) in [5.41, 5.74) is 2.32. The lowest BCUT2D eigenvalue weighted by Gasteiger charge is -2.25. The van der Waals surface area contributed by atoms with E-state index in [9.17, 15) is 4.79 Å². The Kier molecular flexibility index (Phi) is 5.33. The molecule has 3 rings (SSSR count). The van der Waals surface area contributed by atoms with Gasteiger partial charge in [0.05, 0.1) is 14.2 Å². The average Bonchev–Trinajstić information content (AvgIpc) is 3.09. The van der Waals surface area contributed by atoms with Gasteiger partial charge in [0, 0.05) is 45.7 Å². The van der Waals surface area contributed by atoms with E-state index in [1.165, 1.54) is 0 Å². The standard InChI is InChI=1S/C21H23ClN2O3/c1-21(2,18-11-23-19-6-5-14(22)9-17(18)19)12-24-20(25)13-7-15(26-3)10-16(8-13)27-4/h5-11,23H,12H2,1-4H3,(H,24,25). The average molecular weight is 387 g/mol. The topological polar surface area (TPSA) is 63.4 Å². The van der Waals surface area contributed by atoms with E-state index in [-0.39, 0.29) is 11.3 Å². The summed E-state index contributed by atoms with van der Waals surface area (Å²) in [5, 5.41) is 4.76. The fourth-order valence-electron chi connectivity index (χ4n) is 3.09. The van der Waals surface area contributed by atoms with Crippen molar-refractivity contribution in [2.45, 2.75) is 19.3 Å². The highest BCUT2D eigenvalue weighted by molar-refractivity contribution is 6.31. The normalized spacial score (nSPS) is 11.4. The summed E-state index contributed by atoms with van der Waals surface area (Å²) >= 11 is 6.15. The molecule has 0 bridgehead atoms. The zero-order chi connectivity index (χ0) is 19.6. The Morgan fingerprint density at radius 2 is 1.78 bits per heavy atom. The molecule has 142 valence electrons. The first-order valence-corrected chi connectivity index (χ1v) is 9.00. The van der Waals surface area contributed by atoms with E-state index in [2.05, 4.69) is 24.1 Å². The van der Waals surface area contributed by atoms with Crippen molar-refractivity contribution in [3.8, 4) is 11.5 Å². The van der Waals surface area contributed by atoms with Gasteiger partial charge >= 0.3 is 0 Å². The summed E-state index contributed by atoms with van der Waals surface area (Å²) in [4.78, 5) is 15.9. The highest BCUT2D eigenvalue weighted by Crippen LogP contribution is 2.32. The maximum Gasteiger partial charge on any atom is 0.251 e. The van der Waals surface area contributed by atoms with Crippen LogP contribution < -0.4 is 14.8 Å². The van der Waals surface area contributed by atoms with Gasteiger partial charge < -0.3 is 19.8 Å². The van der Waals surface area contributed by atoms with Gasteiger partial charge in [0.25, 0.3) is 5.91 Å². The molecule has 0 fully saturated rings. The summed E-state index contributed by atoms with van der Waals surface area (Å²) < 4.78 is 10.5. The number of carbonyl (C=O) groups excluding carboxylic acids is 1. The van der Waals surface area contributed by atoms with Crippen molar-refractivity contribution in [1.29, 1.82) is 0 Å². The molecule has 5 nitrogen and oxygen atoms in total. The van der Waals surface area contributed by atoms with Crippen LogP contribution in [-0.2, 0) is 5.41 Å². The first-order chi connectivity index (χ1) is 12.8. The molecule has 3 aromatic rings. The number of benzene rings is 2. The number of hydrogen-bond donors (Lipinski definition) is 2. The van der Waals surface area contributed by atoms with Crippen LogP contribution in [0.25, 0.3) is 10.9 Å². The largest absolute Gasteiger partial charge is 0.497 e. The van der Waals surface area contributed by atoms with Gasteiger partial charge in [-0.05, 0) is 35.9 Å². The van der Waals surface area contributed by atoms with E-state index in [4.69, 9.17) is 21.1 Å². The lowest BCUT2D eigenvalue weighted by molar-refractivity contribution is 0.0945.